The fourth-order valence-corrected chi connectivity index (χ4v) is 3.46. The molecule has 1 saturated carbocycles. The lowest BCUT2D eigenvalue weighted by molar-refractivity contribution is -0.132. The molecule has 0 unspecified atom stereocenters. The number of nitrogens with zero attached hydrogens (tertiary/aromatic N) is 1. The molecule has 3 amide bonds. The van der Waals surface area contributed by atoms with Crippen molar-refractivity contribution < 1.29 is 9.59 Å². The predicted molar refractivity (Wildman–Crippen MR) is 108 cm³/mol. The van der Waals surface area contributed by atoms with Crippen molar-refractivity contribution >= 4 is 11.9 Å². The number of carbonyl (C=O) groups excluding carboxylic acids is 2. The number of nitrogens with two attached hydrogens (primary N) is 1. The van der Waals surface area contributed by atoms with Gasteiger partial charge in [0, 0.05) is 32.1 Å². The van der Waals surface area contributed by atoms with E-state index in [4.69, 9.17) is 5.73 Å². The third-order valence-electron chi connectivity index (χ3n) is 4.99. The summed E-state index contributed by atoms with van der Waals surface area (Å²) in [5.41, 5.74) is 6.73. The second-order valence-electron chi connectivity index (χ2n) is 7.28. The molecule has 0 radical (unpaired) electrons. The number of urea groups is 1. The van der Waals surface area contributed by atoms with Crippen molar-refractivity contribution in [2.75, 3.05) is 19.6 Å². The van der Waals surface area contributed by atoms with E-state index in [1.165, 1.54) is 19.3 Å². The zero-order valence-electron chi connectivity index (χ0n) is 16.3. The second kappa shape index (κ2) is 12.3. The molecule has 0 spiro atoms. The van der Waals surface area contributed by atoms with Crippen LogP contribution in [0, 0.1) is 0 Å². The van der Waals surface area contributed by atoms with E-state index in [9.17, 15) is 9.59 Å². The monoisotopic (exact) mass is 374 g/mol. The molecule has 0 aromatic heterocycles. The highest BCUT2D eigenvalue weighted by Gasteiger charge is 2.16. The Morgan fingerprint density at radius 2 is 1.81 bits per heavy atom. The fourth-order valence-electron chi connectivity index (χ4n) is 3.46. The molecule has 1 fully saturated rings. The van der Waals surface area contributed by atoms with E-state index in [2.05, 4.69) is 10.6 Å². The first-order chi connectivity index (χ1) is 13.2. The van der Waals surface area contributed by atoms with Crippen LogP contribution in [0.5, 0.6) is 0 Å². The third-order valence-corrected chi connectivity index (χ3v) is 4.99. The molecule has 150 valence electrons. The molecule has 0 heterocycles. The van der Waals surface area contributed by atoms with Crippen molar-refractivity contribution in [3.8, 4) is 0 Å². The summed E-state index contributed by atoms with van der Waals surface area (Å²) in [6, 6.07) is 10.2. The highest BCUT2D eigenvalue weighted by atomic mass is 16.2. The van der Waals surface area contributed by atoms with Crippen LogP contribution < -0.4 is 16.4 Å². The molecule has 6 nitrogen and oxygen atoms in total. The lowest BCUT2D eigenvalue weighted by Crippen LogP contribution is -2.43. The zero-order valence-corrected chi connectivity index (χ0v) is 16.3. The molecule has 1 aliphatic carbocycles. The van der Waals surface area contributed by atoms with Crippen LogP contribution in [-0.2, 0) is 11.3 Å². The van der Waals surface area contributed by atoms with Crippen molar-refractivity contribution in [3.05, 3.63) is 35.9 Å². The Balaban J connectivity index is 1.68. The quantitative estimate of drug-likeness (QED) is 0.550. The zero-order chi connectivity index (χ0) is 19.3. The van der Waals surface area contributed by atoms with Crippen LogP contribution in [0.25, 0.3) is 0 Å². The molecule has 0 atom stereocenters. The summed E-state index contributed by atoms with van der Waals surface area (Å²) in [7, 11) is 0. The average Bonchev–Trinajstić information content (AvgIpc) is 2.70. The predicted octanol–water partition coefficient (Wildman–Crippen LogP) is 2.78. The minimum atomic E-state index is -0.112. The van der Waals surface area contributed by atoms with Gasteiger partial charge in [-0.05, 0) is 37.8 Å². The van der Waals surface area contributed by atoms with Crippen molar-refractivity contribution in [2.45, 2.75) is 64.0 Å². The second-order valence-corrected chi connectivity index (χ2v) is 7.28. The Morgan fingerprint density at radius 1 is 1.07 bits per heavy atom. The SMILES string of the molecule is NCCCN(Cc1ccccc1)C(=O)CCCNC(=O)NC1CCCCC1. The summed E-state index contributed by atoms with van der Waals surface area (Å²) in [5.74, 6) is 0.113. The van der Waals surface area contributed by atoms with Crippen LogP contribution in [0.2, 0.25) is 0 Å². The first-order valence-electron chi connectivity index (χ1n) is 10.2. The van der Waals surface area contributed by atoms with Crippen molar-refractivity contribution in [1.29, 1.82) is 0 Å². The van der Waals surface area contributed by atoms with Crippen molar-refractivity contribution in [3.63, 3.8) is 0 Å². The average molecular weight is 375 g/mol. The van der Waals surface area contributed by atoms with Gasteiger partial charge in [0.15, 0.2) is 0 Å². The van der Waals surface area contributed by atoms with Gasteiger partial charge in [0.2, 0.25) is 5.91 Å². The number of nitrogens with one attached hydrogen (secondary N) is 2. The molecule has 1 aromatic rings. The Bertz CT molecular complexity index is 559. The molecule has 6 heteroatoms. The normalized spacial score (nSPS) is 14.6. The maximum atomic E-state index is 12.6. The van der Waals surface area contributed by atoms with E-state index in [0.717, 1.165) is 24.8 Å². The van der Waals surface area contributed by atoms with Gasteiger partial charge in [0.1, 0.15) is 0 Å². The summed E-state index contributed by atoms with van der Waals surface area (Å²) in [6.07, 6.45) is 7.67. The Hall–Kier alpha value is -2.08. The van der Waals surface area contributed by atoms with Crippen molar-refractivity contribution in [2.24, 2.45) is 5.73 Å². The summed E-state index contributed by atoms with van der Waals surface area (Å²) in [4.78, 5) is 26.4. The van der Waals surface area contributed by atoms with E-state index >= 15 is 0 Å². The molecule has 27 heavy (non-hydrogen) atoms. The Labute approximate surface area is 162 Å². The van der Waals surface area contributed by atoms with Gasteiger partial charge in [-0.1, -0.05) is 49.6 Å². The number of benzene rings is 1. The molecule has 1 aliphatic rings. The molecule has 2 rings (SSSR count). The van der Waals surface area contributed by atoms with E-state index < -0.39 is 0 Å². The molecule has 1 aromatic carbocycles. The van der Waals surface area contributed by atoms with Crippen LogP contribution in [0.3, 0.4) is 0 Å². The summed E-state index contributed by atoms with van der Waals surface area (Å²) in [5, 5.41) is 5.91. The highest BCUT2D eigenvalue weighted by molar-refractivity contribution is 5.76. The smallest absolute Gasteiger partial charge is 0.315 e. The molecule has 0 bridgehead atoms. The van der Waals surface area contributed by atoms with Crippen LogP contribution in [0.4, 0.5) is 4.79 Å². The molecule has 4 N–H and O–H groups in total. The van der Waals surface area contributed by atoms with Gasteiger partial charge < -0.3 is 21.3 Å². The van der Waals surface area contributed by atoms with Gasteiger partial charge in [-0.2, -0.15) is 0 Å². The Kier molecular flexibility index (Phi) is 9.69. The van der Waals surface area contributed by atoms with Crippen LogP contribution in [0.15, 0.2) is 30.3 Å². The molecular weight excluding hydrogens is 340 g/mol. The van der Waals surface area contributed by atoms with Gasteiger partial charge in [-0.3, -0.25) is 4.79 Å². The van der Waals surface area contributed by atoms with E-state index in [0.29, 0.717) is 45.1 Å². The maximum Gasteiger partial charge on any atom is 0.315 e. The van der Waals surface area contributed by atoms with E-state index in [1.54, 1.807) is 0 Å². The van der Waals surface area contributed by atoms with E-state index in [-0.39, 0.29) is 11.9 Å². The number of amides is 3. The summed E-state index contributed by atoms with van der Waals surface area (Å²) < 4.78 is 0. The standard InChI is InChI=1S/C21H34N4O2/c22-14-8-16-25(17-18-9-3-1-4-10-18)20(26)13-7-15-23-21(27)24-19-11-5-2-6-12-19/h1,3-4,9-10,19H,2,5-8,11-17,22H2,(H2,23,24,27). The first-order valence-corrected chi connectivity index (χ1v) is 10.2. The first kappa shape index (κ1) is 21.2. The lowest BCUT2D eigenvalue weighted by atomic mass is 9.96. The molecular formula is C21H34N4O2. The largest absolute Gasteiger partial charge is 0.338 e. The fraction of sp³-hybridized carbons (Fsp3) is 0.619. The van der Waals surface area contributed by atoms with E-state index in [1.807, 2.05) is 35.2 Å². The number of carbonyl (C=O) groups is 2. The minimum absolute atomic E-state index is 0.112. The minimum Gasteiger partial charge on any atom is -0.338 e. The highest BCUT2D eigenvalue weighted by Crippen LogP contribution is 2.17. The van der Waals surface area contributed by atoms with Crippen LogP contribution >= 0.6 is 0 Å². The van der Waals surface area contributed by atoms with Gasteiger partial charge >= 0.3 is 6.03 Å². The maximum absolute atomic E-state index is 12.6. The molecule has 0 saturated heterocycles. The third kappa shape index (κ3) is 8.43. The summed E-state index contributed by atoms with van der Waals surface area (Å²) >= 11 is 0. The van der Waals surface area contributed by atoms with Crippen LogP contribution in [0.1, 0.15) is 56.9 Å². The molecule has 0 aliphatic heterocycles. The number of rotatable bonds is 10. The summed E-state index contributed by atoms with van der Waals surface area (Å²) in [6.45, 7) is 2.36. The van der Waals surface area contributed by atoms with Gasteiger partial charge in [0.05, 0.1) is 0 Å². The van der Waals surface area contributed by atoms with Crippen molar-refractivity contribution in [1.82, 2.24) is 15.5 Å². The van der Waals surface area contributed by atoms with Gasteiger partial charge in [-0.25, -0.2) is 4.79 Å². The lowest BCUT2D eigenvalue weighted by Gasteiger charge is -2.23. The van der Waals surface area contributed by atoms with Gasteiger partial charge in [0.25, 0.3) is 0 Å². The van der Waals surface area contributed by atoms with Gasteiger partial charge in [-0.15, -0.1) is 0 Å². The Morgan fingerprint density at radius 3 is 2.52 bits per heavy atom. The number of hydrogen-bond donors (Lipinski definition) is 3. The number of hydrogen-bond acceptors (Lipinski definition) is 3. The topological polar surface area (TPSA) is 87.5 Å². The van der Waals surface area contributed by atoms with Crippen LogP contribution in [-0.4, -0.2) is 42.5 Å².